The van der Waals surface area contributed by atoms with Gasteiger partial charge in [0, 0.05) is 12.6 Å². The van der Waals surface area contributed by atoms with E-state index in [0.29, 0.717) is 6.29 Å². The van der Waals surface area contributed by atoms with Gasteiger partial charge in [0.1, 0.15) is 6.29 Å². The fourth-order valence-electron chi connectivity index (χ4n) is 2.23. The van der Waals surface area contributed by atoms with Crippen molar-refractivity contribution in [2.45, 2.75) is 25.7 Å². The SMILES string of the molecule is CCC1CN(C)C(N(C)C)N1C. The van der Waals surface area contributed by atoms with Gasteiger partial charge in [-0.2, -0.15) is 0 Å². The maximum atomic E-state index is 2.44. The molecule has 0 aromatic heterocycles. The van der Waals surface area contributed by atoms with E-state index < -0.39 is 0 Å². The molecule has 0 aromatic rings. The van der Waals surface area contributed by atoms with E-state index >= 15 is 0 Å². The van der Waals surface area contributed by atoms with Crippen LogP contribution < -0.4 is 0 Å². The topological polar surface area (TPSA) is 9.72 Å². The maximum Gasteiger partial charge on any atom is 0.118 e. The Morgan fingerprint density at radius 1 is 1.33 bits per heavy atom. The fraction of sp³-hybridized carbons (Fsp3) is 1.00. The van der Waals surface area contributed by atoms with Crippen molar-refractivity contribution in [3.63, 3.8) is 0 Å². The summed E-state index contributed by atoms with van der Waals surface area (Å²) in [5, 5.41) is 0. The largest absolute Gasteiger partial charge is 0.282 e. The maximum absolute atomic E-state index is 2.44. The molecule has 1 aliphatic heterocycles. The van der Waals surface area contributed by atoms with E-state index in [1.54, 1.807) is 0 Å². The van der Waals surface area contributed by atoms with Gasteiger partial charge < -0.3 is 0 Å². The molecule has 0 amide bonds. The zero-order valence-electron chi connectivity index (χ0n) is 8.91. The monoisotopic (exact) mass is 171 g/mol. The van der Waals surface area contributed by atoms with E-state index in [9.17, 15) is 0 Å². The normalized spacial score (nSPS) is 33.5. The molecule has 0 aliphatic carbocycles. The molecule has 0 spiro atoms. The van der Waals surface area contributed by atoms with Gasteiger partial charge in [-0.1, -0.05) is 6.92 Å². The smallest absolute Gasteiger partial charge is 0.118 e. The van der Waals surface area contributed by atoms with Crippen LogP contribution in [0.3, 0.4) is 0 Å². The minimum Gasteiger partial charge on any atom is -0.282 e. The first-order valence-corrected chi connectivity index (χ1v) is 4.66. The van der Waals surface area contributed by atoms with E-state index in [1.807, 2.05) is 0 Å². The van der Waals surface area contributed by atoms with Crippen LogP contribution in [0.1, 0.15) is 13.3 Å². The predicted molar refractivity (Wildman–Crippen MR) is 51.9 cm³/mol. The van der Waals surface area contributed by atoms with Crippen LogP contribution in [0.2, 0.25) is 0 Å². The summed E-state index contributed by atoms with van der Waals surface area (Å²) in [7, 11) is 8.67. The Morgan fingerprint density at radius 3 is 2.17 bits per heavy atom. The summed E-state index contributed by atoms with van der Waals surface area (Å²) >= 11 is 0. The minimum absolute atomic E-state index is 0.481. The zero-order chi connectivity index (χ0) is 9.30. The van der Waals surface area contributed by atoms with E-state index in [0.717, 1.165) is 6.04 Å². The second kappa shape index (κ2) is 3.73. The first-order chi connectivity index (χ1) is 5.57. The lowest BCUT2D eigenvalue weighted by molar-refractivity contribution is 0.0376. The van der Waals surface area contributed by atoms with Gasteiger partial charge in [0.2, 0.25) is 0 Å². The molecule has 12 heavy (non-hydrogen) atoms. The fourth-order valence-corrected chi connectivity index (χ4v) is 2.23. The van der Waals surface area contributed by atoms with Crippen LogP contribution in [0.5, 0.6) is 0 Å². The Balaban J connectivity index is 2.63. The van der Waals surface area contributed by atoms with Crippen molar-refractivity contribution >= 4 is 0 Å². The Kier molecular flexibility index (Phi) is 3.09. The molecule has 3 heteroatoms. The van der Waals surface area contributed by atoms with Crippen molar-refractivity contribution < 1.29 is 0 Å². The summed E-state index contributed by atoms with van der Waals surface area (Å²) in [6, 6.07) is 0.724. The summed E-state index contributed by atoms with van der Waals surface area (Å²) in [5.74, 6) is 0. The van der Waals surface area contributed by atoms with Crippen molar-refractivity contribution in [3.05, 3.63) is 0 Å². The summed E-state index contributed by atoms with van der Waals surface area (Å²) in [6.07, 6.45) is 1.72. The molecule has 72 valence electrons. The molecule has 1 aliphatic rings. The lowest BCUT2D eigenvalue weighted by Gasteiger charge is -2.32. The number of hydrogen-bond acceptors (Lipinski definition) is 3. The van der Waals surface area contributed by atoms with Crippen molar-refractivity contribution in [2.24, 2.45) is 0 Å². The lowest BCUT2D eigenvalue weighted by Crippen LogP contribution is -2.46. The summed E-state index contributed by atoms with van der Waals surface area (Å²) in [6.45, 7) is 3.45. The molecule has 0 bridgehead atoms. The second-order valence-corrected chi connectivity index (χ2v) is 3.98. The zero-order valence-corrected chi connectivity index (χ0v) is 8.91. The van der Waals surface area contributed by atoms with Gasteiger partial charge >= 0.3 is 0 Å². The molecule has 1 rings (SSSR count). The van der Waals surface area contributed by atoms with Gasteiger partial charge in [-0.25, -0.2) is 0 Å². The molecule has 2 unspecified atom stereocenters. The second-order valence-electron chi connectivity index (χ2n) is 3.98. The summed E-state index contributed by atoms with van der Waals surface area (Å²) < 4.78 is 0. The van der Waals surface area contributed by atoms with Crippen LogP contribution in [0.15, 0.2) is 0 Å². The van der Waals surface area contributed by atoms with Gasteiger partial charge in [0.15, 0.2) is 0 Å². The molecular formula is C9H21N3. The van der Waals surface area contributed by atoms with Crippen LogP contribution >= 0.6 is 0 Å². The van der Waals surface area contributed by atoms with E-state index in [2.05, 4.69) is 49.8 Å². The molecule has 1 fully saturated rings. The Hall–Kier alpha value is -0.120. The molecule has 0 N–H and O–H groups in total. The van der Waals surface area contributed by atoms with Gasteiger partial charge in [-0.15, -0.1) is 0 Å². The van der Waals surface area contributed by atoms with Crippen molar-refractivity contribution in [3.8, 4) is 0 Å². The van der Waals surface area contributed by atoms with Crippen molar-refractivity contribution in [2.75, 3.05) is 34.7 Å². The average molecular weight is 171 g/mol. The molecule has 0 aromatic carbocycles. The number of nitrogens with zero attached hydrogens (tertiary/aromatic N) is 3. The first-order valence-electron chi connectivity index (χ1n) is 4.66. The third-order valence-electron chi connectivity index (χ3n) is 2.77. The Morgan fingerprint density at radius 2 is 1.92 bits per heavy atom. The lowest BCUT2D eigenvalue weighted by atomic mass is 10.2. The number of hydrogen-bond donors (Lipinski definition) is 0. The molecule has 0 radical (unpaired) electrons. The van der Waals surface area contributed by atoms with Crippen LogP contribution in [0.4, 0.5) is 0 Å². The van der Waals surface area contributed by atoms with Gasteiger partial charge in [-0.3, -0.25) is 14.7 Å². The highest BCUT2D eigenvalue weighted by molar-refractivity contribution is 4.83. The van der Waals surface area contributed by atoms with Crippen LogP contribution in [-0.2, 0) is 0 Å². The highest BCUT2D eigenvalue weighted by atomic mass is 15.5. The van der Waals surface area contributed by atoms with Crippen LogP contribution in [0.25, 0.3) is 0 Å². The van der Waals surface area contributed by atoms with Crippen molar-refractivity contribution in [1.82, 2.24) is 14.7 Å². The third kappa shape index (κ3) is 1.63. The molecule has 3 nitrogen and oxygen atoms in total. The van der Waals surface area contributed by atoms with E-state index in [-0.39, 0.29) is 0 Å². The first kappa shape index (κ1) is 9.96. The molecule has 1 saturated heterocycles. The summed E-state index contributed by atoms with van der Waals surface area (Å²) in [5.41, 5.74) is 0. The van der Waals surface area contributed by atoms with Crippen LogP contribution in [0, 0.1) is 0 Å². The van der Waals surface area contributed by atoms with Gasteiger partial charge in [0.25, 0.3) is 0 Å². The molecule has 0 saturated carbocycles. The quantitative estimate of drug-likeness (QED) is 0.598. The summed E-state index contributed by atoms with van der Waals surface area (Å²) in [4.78, 5) is 7.10. The standard InChI is InChI=1S/C9H21N3/c1-6-8-7-11(4)9(10(2)3)12(8)5/h8-9H,6-7H2,1-5H3. The predicted octanol–water partition coefficient (Wildman–Crippen LogP) is 0.487. The van der Waals surface area contributed by atoms with Crippen LogP contribution in [-0.4, -0.2) is 61.8 Å². The highest BCUT2D eigenvalue weighted by Crippen LogP contribution is 2.19. The molecule has 2 atom stereocenters. The third-order valence-corrected chi connectivity index (χ3v) is 2.77. The highest BCUT2D eigenvalue weighted by Gasteiger charge is 2.34. The van der Waals surface area contributed by atoms with E-state index in [4.69, 9.17) is 0 Å². The molecular weight excluding hydrogens is 150 g/mol. The number of rotatable bonds is 2. The van der Waals surface area contributed by atoms with Gasteiger partial charge in [0.05, 0.1) is 0 Å². The minimum atomic E-state index is 0.481. The number of likely N-dealkylation sites (N-methyl/N-ethyl adjacent to an activating group) is 2. The van der Waals surface area contributed by atoms with Crippen molar-refractivity contribution in [1.29, 1.82) is 0 Å². The molecule has 1 heterocycles. The van der Waals surface area contributed by atoms with E-state index in [1.165, 1.54) is 13.0 Å². The average Bonchev–Trinajstić information content (AvgIpc) is 2.25. The Bertz CT molecular complexity index is 147. The Labute approximate surface area is 75.9 Å². The van der Waals surface area contributed by atoms with Gasteiger partial charge in [-0.05, 0) is 34.6 Å².